The minimum atomic E-state index is -0.156. The second kappa shape index (κ2) is 5.67. The quantitative estimate of drug-likeness (QED) is 0.939. The number of hydrogen-bond donors (Lipinski definition) is 1. The Hall–Kier alpha value is -1.14. The van der Waals surface area contributed by atoms with Crippen molar-refractivity contribution in [1.29, 1.82) is 0 Å². The molecule has 0 radical (unpaired) electrons. The van der Waals surface area contributed by atoms with Crippen molar-refractivity contribution in [3.8, 4) is 0 Å². The van der Waals surface area contributed by atoms with Gasteiger partial charge in [-0.25, -0.2) is 4.98 Å². The fourth-order valence-corrected chi connectivity index (χ4v) is 2.79. The summed E-state index contributed by atoms with van der Waals surface area (Å²) in [5.41, 5.74) is -0.156. The molecule has 2 aromatic heterocycles. The lowest BCUT2D eigenvalue weighted by Gasteiger charge is -2.27. The molecule has 0 unspecified atom stereocenters. The highest BCUT2D eigenvalue weighted by Gasteiger charge is 2.17. The molecule has 0 amide bonds. The van der Waals surface area contributed by atoms with E-state index in [1.54, 1.807) is 11.3 Å². The van der Waals surface area contributed by atoms with Gasteiger partial charge in [-0.2, -0.15) is 0 Å². The molecule has 4 nitrogen and oxygen atoms in total. The zero-order valence-electron chi connectivity index (χ0n) is 10.2. The summed E-state index contributed by atoms with van der Waals surface area (Å²) in [7, 11) is 0. The highest BCUT2D eigenvalue weighted by atomic mass is 79.9. The van der Waals surface area contributed by atoms with E-state index in [0.29, 0.717) is 10.3 Å². The topological polar surface area (TPSA) is 49.0 Å². The van der Waals surface area contributed by atoms with Crippen LogP contribution in [0.3, 0.4) is 0 Å². The van der Waals surface area contributed by atoms with Crippen molar-refractivity contribution in [3.05, 3.63) is 43.5 Å². The van der Waals surface area contributed by atoms with Gasteiger partial charge in [-0.3, -0.25) is 4.79 Å². The maximum Gasteiger partial charge on any atom is 0.267 e. The van der Waals surface area contributed by atoms with Gasteiger partial charge in [-0.15, -0.1) is 11.3 Å². The lowest BCUT2D eigenvalue weighted by molar-refractivity contribution is 0.673. The van der Waals surface area contributed by atoms with Crippen LogP contribution in [-0.4, -0.2) is 16.0 Å². The van der Waals surface area contributed by atoms with Crippen LogP contribution in [0.5, 0.6) is 0 Å². The molecule has 0 saturated heterocycles. The van der Waals surface area contributed by atoms with E-state index in [-0.39, 0.29) is 11.6 Å². The van der Waals surface area contributed by atoms with Crippen LogP contribution in [0.1, 0.15) is 18.7 Å². The molecule has 0 aliphatic rings. The fraction of sp³-hybridized carbons (Fsp3) is 0.333. The first kappa shape index (κ1) is 13.3. The van der Waals surface area contributed by atoms with Gasteiger partial charge in [-0.1, -0.05) is 6.07 Å². The van der Waals surface area contributed by atoms with Gasteiger partial charge in [0.2, 0.25) is 0 Å². The van der Waals surface area contributed by atoms with E-state index in [9.17, 15) is 4.79 Å². The Morgan fingerprint density at radius 2 is 2.33 bits per heavy atom. The predicted molar refractivity (Wildman–Crippen MR) is 78.2 cm³/mol. The number of nitrogens with zero attached hydrogens (tertiary/aromatic N) is 2. The van der Waals surface area contributed by atoms with Crippen LogP contribution in [0.25, 0.3) is 0 Å². The van der Waals surface area contributed by atoms with Crippen molar-refractivity contribution in [2.24, 2.45) is 0 Å². The van der Waals surface area contributed by atoms with E-state index in [1.807, 2.05) is 11.4 Å². The Morgan fingerprint density at radius 1 is 1.56 bits per heavy atom. The molecule has 0 saturated carbocycles. The molecular formula is C12H14BrN3OS. The molecule has 2 rings (SSSR count). The monoisotopic (exact) mass is 327 g/mol. The van der Waals surface area contributed by atoms with Crippen molar-refractivity contribution >= 4 is 33.1 Å². The Labute approximate surface area is 118 Å². The number of anilines is 1. The molecule has 0 aromatic carbocycles. The third-order valence-electron chi connectivity index (χ3n) is 2.58. The van der Waals surface area contributed by atoms with E-state index in [0.717, 1.165) is 6.54 Å². The number of aromatic nitrogens is 2. The summed E-state index contributed by atoms with van der Waals surface area (Å²) in [6.07, 6.45) is 1.44. The average molecular weight is 328 g/mol. The number of aromatic amines is 1. The van der Waals surface area contributed by atoms with Crippen LogP contribution < -0.4 is 10.5 Å². The van der Waals surface area contributed by atoms with Gasteiger partial charge < -0.3 is 9.88 Å². The molecule has 0 atom stereocenters. The number of hydrogen-bond acceptors (Lipinski definition) is 4. The molecule has 0 fully saturated rings. The summed E-state index contributed by atoms with van der Waals surface area (Å²) >= 11 is 5.01. The minimum Gasteiger partial charge on any atom is -0.348 e. The Kier molecular flexibility index (Phi) is 4.19. The van der Waals surface area contributed by atoms with E-state index < -0.39 is 0 Å². The SMILES string of the molecule is CC(C)N(Cc1cccs1)c1nc[nH]c(=O)c1Br. The Bertz CT molecular complexity index is 565. The maximum atomic E-state index is 11.6. The average Bonchev–Trinajstić information content (AvgIpc) is 2.83. The second-order valence-electron chi connectivity index (χ2n) is 4.17. The molecule has 1 N–H and O–H groups in total. The second-order valence-corrected chi connectivity index (χ2v) is 6.00. The standard InChI is InChI=1S/C12H14BrN3OS/c1-8(2)16(6-9-4-3-5-18-9)11-10(13)12(17)15-7-14-11/h3-5,7-8H,6H2,1-2H3,(H,14,15,17). The maximum absolute atomic E-state index is 11.6. The lowest BCUT2D eigenvalue weighted by atomic mass is 10.3. The number of thiophene rings is 1. The van der Waals surface area contributed by atoms with Crippen LogP contribution >= 0.6 is 27.3 Å². The molecule has 18 heavy (non-hydrogen) atoms. The van der Waals surface area contributed by atoms with Crippen LogP contribution in [0.15, 0.2) is 33.1 Å². The highest BCUT2D eigenvalue weighted by Crippen LogP contribution is 2.24. The number of nitrogens with one attached hydrogen (secondary N) is 1. The lowest BCUT2D eigenvalue weighted by Crippen LogP contribution is -2.32. The summed E-state index contributed by atoms with van der Waals surface area (Å²) < 4.78 is 0.482. The Morgan fingerprint density at radius 3 is 2.94 bits per heavy atom. The first-order valence-corrected chi connectivity index (χ1v) is 7.29. The van der Waals surface area contributed by atoms with Gasteiger partial charge in [0.1, 0.15) is 4.47 Å². The first-order chi connectivity index (χ1) is 8.59. The summed E-state index contributed by atoms with van der Waals surface area (Å²) in [5.74, 6) is 0.683. The van der Waals surface area contributed by atoms with Crippen LogP contribution in [0.4, 0.5) is 5.82 Å². The number of rotatable bonds is 4. The van der Waals surface area contributed by atoms with Crippen LogP contribution in [0, 0.1) is 0 Å². The largest absolute Gasteiger partial charge is 0.348 e. The molecule has 0 aliphatic heterocycles. The van der Waals surface area contributed by atoms with Crippen molar-refractivity contribution in [2.75, 3.05) is 4.90 Å². The van der Waals surface area contributed by atoms with Gasteiger partial charge in [-0.05, 0) is 41.2 Å². The number of halogens is 1. The van der Waals surface area contributed by atoms with Gasteiger partial charge in [0.05, 0.1) is 12.9 Å². The highest BCUT2D eigenvalue weighted by molar-refractivity contribution is 9.10. The summed E-state index contributed by atoms with van der Waals surface area (Å²) in [5, 5.41) is 2.05. The third kappa shape index (κ3) is 2.81. The molecule has 0 bridgehead atoms. The van der Waals surface area contributed by atoms with Crippen LogP contribution in [-0.2, 0) is 6.54 Å². The fourth-order valence-electron chi connectivity index (χ4n) is 1.65. The predicted octanol–water partition coefficient (Wildman–Crippen LogP) is 3.01. The third-order valence-corrected chi connectivity index (χ3v) is 4.16. The zero-order valence-corrected chi connectivity index (χ0v) is 12.6. The normalized spacial score (nSPS) is 10.9. The smallest absolute Gasteiger partial charge is 0.267 e. The molecule has 96 valence electrons. The van der Waals surface area contributed by atoms with Gasteiger partial charge >= 0.3 is 0 Å². The molecule has 6 heteroatoms. The molecule has 0 spiro atoms. The molecule has 0 aliphatic carbocycles. The van der Waals surface area contributed by atoms with Crippen molar-refractivity contribution in [3.63, 3.8) is 0 Å². The van der Waals surface area contributed by atoms with Crippen molar-refractivity contribution in [1.82, 2.24) is 9.97 Å². The van der Waals surface area contributed by atoms with E-state index in [1.165, 1.54) is 11.2 Å². The van der Waals surface area contributed by atoms with Crippen molar-refractivity contribution < 1.29 is 0 Å². The Balaban J connectivity index is 2.36. The summed E-state index contributed by atoms with van der Waals surface area (Å²) in [4.78, 5) is 21.8. The summed E-state index contributed by atoms with van der Waals surface area (Å²) in [6, 6.07) is 4.37. The van der Waals surface area contributed by atoms with Gasteiger partial charge in [0.15, 0.2) is 5.82 Å². The van der Waals surface area contributed by atoms with E-state index >= 15 is 0 Å². The number of H-pyrrole nitrogens is 1. The molecule has 2 heterocycles. The van der Waals surface area contributed by atoms with Crippen LogP contribution in [0.2, 0.25) is 0 Å². The van der Waals surface area contributed by atoms with E-state index in [2.05, 4.69) is 50.7 Å². The molecular weight excluding hydrogens is 314 g/mol. The minimum absolute atomic E-state index is 0.156. The molecule has 2 aromatic rings. The summed E-state index contributed by atoms with van der Waals surface area (Å²) in [6.45, 7) is 4.93. The van der Waals surface area contributed by atoms with Gasteiger partial charge in [0.25, 0.3) is 5.56 Å². The van der Waals surface area contributed by atoms with Crippen molar-refractivity contribution in [2.45, 2.75) is 26.4 Å². The zero-order chi connectivity index (χ0) is 13.1. The first-order valence-electron chi connectivity index (χ1n) is 5.62. The van der Waals surface area contributed by atoms with E-state index in [4.69, 9.17) is 0 Å². The van der Waals surface area contributed by atoms with Gasteiger partial charge in [0, 0.05) is 10.9 Å².